The molecule has 24 heavy (non-hydrogen) atoms. The highest BCUT2D eigenvalue weighted by molar-refractivity contribution is 14.0. The van der Waals surface area contributed by atoms with E-state index in [2.05, 4.69) is 34.0 Å². The zero-order valence-electron chi connectivity index (χ0n) is 15.4. The number of nitrogens with one attached hydrogen (secondary N) is 2. The van der Waals surface area contributed by atoms with Crippen LogP contribution in [0.3, 0.4) is 0 Å². The lowest BCUT2D eigenvalue weighted by Crippen LogP contribution is -2.49. The maximum absolute atomic E-state index is 4.45. The van der Waals surface area contributed by atoms with Crippen LogP contribution in [0.2, 0.25) is 0 Å². The maximum atomic E-state index is 4.45. The molecule has 0 spiro atoms. The predicted octanol–water partition coefficient (Wildman–Crippen LogP) is 3.25. The maximum Gasteiger partial charge on any atom is 0.191 e. The number of hydrogen-bond donors (Lipinski definition) is 2. The smallest absolute Gasteiger partial charge is 0.191 e. The summed E-state index contributed by atoms with van der Waals surface area (Å²) in [6.07, 6.45) is 8.21. The van der Waals surface area contributed by atoms with Crippen LogP contribution in [0.5, 0.6) is 0 Å². The first-order chi connectivity index (χ1) is 11.2. The number of halogens is 1. The summed E-state index contributed by atoms with van der Waals surface area (Å²) in [5, 5.41) is 7.26. The quantitative estimate of drug-likeness (QED) is 0.273. The summed E-state index contributed by atoms with van der Waals surface area (Å²) in [5.74, 6) is 3.90. The van der Waals surface area contributed by atoms with Crippen LogP contribution in [0.1, 0.15) is 45.4 Å². The monoisotopic (exact) mass is 446 g/mol. The van der Waals surface area contributed by atoms with E-state index in [0.29, 0.717) is 6.04 Å². The van der Waals surface area contributed by atoms with Gasteiger partial charge in [0.15, 0.2) is 5.96 Å². The first kappa shape index (κ1) is 20.0. The average molecular weight is 446 g/mol. The van der Waals surface area contributed by atoms with Gasteiger partial charge in [-0.25, -0.2) is 0 Å². The number of aliphatic imine (C=N–C) groups is 1. The first-order valence-corrected chi connectivity index (χ1v) is 9.49. The molecule has 4 nitrogen and oxygen atoms in total. The predicted molar refractivity (Wildman–Crippen MR) is 113 cm³/mol. The molecule has 0 aromatic carbocycles. The Hall–Kier alpha value is -0.300. The molecule has 2 saturated carbocycles. The largest absolute Gasteiger partial charge is 0.356 e. The SMILES string of the molecule is C=C(C)CN1CCC(NC(=NC)NCC(C2CC2)C2CC2)CC1.I. The number of likely N-dealkylation sites (tertiary alicyclic amines) is 1. The second kappa shape index (κ2) is 9.41. The molecule has 0 bridgehead atoms. The molecule has 138 valence electrons. The number of hydrogen-bond acceptors (Lipinski definition) is 2. The van der Waals surface area contributed by atoms with Crippen molar-refractivity contribution in [2.24, 2.45) is 22.7 Å². The first-order valence-electron chi connectivity index (χ1n) is 9.49. The number of guanidine groups is 1. The van der Waals surface area contributed by atoms with Gasteiger partial charge in [-0.1, -0.05) is 12.2 Å². The molecule has 2 N–H and O–H groups in total. The molecule has 0 aromatic heterocycles. The van der Waals surface area contributed by atoms with Crippen molar-refractivity contribution in [3.63, 3.8) is 0 Å². The molecule has 3 rings (SSSR count). The zero-order chi connectivity index (χ0) is 16.2. The molecule has 0 unspecified atom stereocenters. The molecule has 1 saturated heterocycles. The van der Waals surface area contributed by atoms with E-state index >= 15 is 0 Å². The highest BCUT2D eigenvalue weighted by Crippen LogP contribution is 2.48. The molecular weight excluding hydrogens is 411 g/mol. The van der Waals surface area contributed by atoms with Gasteiger partial charge in [0, 0.05) is 39.3 Å². The van der Waals surface area contributed by atoms with Crippen molar-refractivity contribution >= 4 is 29.9 Å². The minimum atomic E-state index is 0. The molecule has 2 aliphatic carbocycles. The Labute approximate surface area is 164 Å². The number of nitrogens with zero attached hydrogens (tertiary/aromatic N) is 2. The molecule has 3 fully saturated rings. The van der Waals surface area contributed by atoms with Gasteiger partial charge < -0.3 is 10.6 Å². The van der Waals surface area contributed by atoms with E-state index in [9.17, 15) is 0 Å². The number of rotatable bonds is 7. The van der Waals surface area contributed by atoms with Crippen LogP contribution in [0.15, 0.2) is 17.1 Å². The van der Waals surface area contributed by atoms with Crippen molar-refractivity contribution in [3.8, 4) is 0 Å². The van der Waals surface area contributed by atoms with Crippen molar-refractivity contribution in [3.05, 3.63) is 12.2 Å². The summed E-state index contributed by atoms with van der Waals surface area (Å²) >= 11 is 0. The Balaban J connectivity index is 0.00000208. The summed E-state index contributed by atoms with van der Waals surface area (Å²) in [7, 11) is 1.90. The molecule has 0 amide bonds. The molecule has 1 heterocycles. The highest BCUT2D eigenvalue weighted by Gasteiger charge is 2.41. The van der Waals surface area contributed by atoms with Gasteiger partial charge in [0.05, 0.1) is 0 Å². The molecule has 1 aliphatic heterocycles. The Morgan fingerprint density at radius 3 is 2.17 bits per heavy atom. The van der Waals surface area contributed by atoms with Crippen LogP contribution in [0.25, 0.3) is 0 Å². The highest BCUT2D eigenvalue weighted by atomic mass is 127. The summed E-state index contributed by atoms with van der Waals surface area (Å²) in [4.78, 5) is 6.95. The van der Waals surface area contributed by atoms with E-state index in [1.165, 1.54) is 44.1 Å². The third kappa shape index (κ3) is 6.21. The fourth-order valence-corrected chi connectivity index (χ4v) is 3.99. The van der Waals surface area contributed by atoms with Crippen LogP contribution < -0.4 is 10.6 Å². The van der Waals surface area contributed by atoms with E-state index in [-0.39, 0.29) is 24.0 Å². The minimum absolute atomic E-state index is 0. The second-order valence-electron chi connectivity index (χ2n) is 7.94. The van der Waals surface area contributed by atoms with E-state index < -0.39 is 0 Å². The van der Waals surface area contributed by atoms with Gasteiger partial charge in [-0.05, 0) is 63.2 Å². The van der Waals surface area contributed by atoms with Gasteiger partial charge in [0.1, 0.15) is 0 Å². The Bertz CT molecular complexity index is 423. The van der Waals surface area contributed by atoms with Gasteiger partial charge in [0.25, 0.3) is 0 Å². The molecule has 5 heteroatoms. The van der Waals surface area contributed by atoms with Crippen LogP contribution in [-0.4, -0.2) is 50.1 Å². The van der Waals surface area contributed by atoms with E-state index in [4.69, 9.17) is 0 Å². The molecule has 0 aromatic rings. The summed E-state index contributed by atoms with van der Waals surface area (Å²) in [5.41, 5.74) is 1.26. The Morgan fingerprint density at radius 2 is 1.71 bits per heavy atom. The van der Waals surface area contributed by atoms with Gasteiger partial charge in [0.2, 0.25) is 0 Å². The van der Waals surface area contributed by atoms with Crippen molar-refractivity contribution in [1.29, 1.82) is 0 Å². The minimum Gasteiger partial charge on any atom is -0.356 e. The summed E-state index contributed by atoms with van der Waals surface area (Å²) in [6.45, 7) is 10.6. The van der Waals surface area contributed by atoms with Crippen molar-refractivity contribution in [2.45, 2.75) is 51.5 Å². The van der Waals surface area contributed by atoms with Crippen LogP contribution in [0.4, 0.5) is 0 Å². The lowest BCUT2D eigenvalue weighted by atomic mass is 9.98. The van der Waals surface area contributed by atoms with Gasteiger partial charge in [-0.2, -0.15) is 0 Å². The second-order valence-corrected chi connectivity index (χ2v) is 7.94. The fraction of sp³-hybridized carbons (Fsp3) is 0.842. The zero-order valence-corrected chi connectivity index (χ0v) is 17.7. The lowest BCUT2D eigenvalue weighted by molar-refractivity contribution is 0.221. The lowest BCUT2D eigenvalue weighted by Gasteiger charge is -2.33. The normalized spacial score (nSPS) is 23.0. The van der Waals surface area contributed by atoms with Crippen LogP contribution >= 0.6 is 24.0 Å². The molecule has 0 radical (unpaired) electrons. The molecule has 3 aliphatic rings. The van der Waals surface area contributed by atoms with E-state index in [0.717, 1.165) is 49.9 Å². The Morgan fingerprint density at radius 1 is 1.12 bits per heavy atom. The van der Waals surface area contributed by atoms with Crippen molar-refractivity contribution in [2.75, 3.05) is 33.2 Å². The van der Waals surface area contributed by atoms with Gasteiger partial charge in [-0.15, -0.1) is 24.0 Å². The summed E-state index contributed by atoms with van der Waals surface area (Å²) in [6, 6.07) is 0.558. The average Bonchev–Trinajstić information content (AvgIpc) is 3.41. The third-order valence-electron chi connectivity index (χ3n) is 5.61. The van der Waals surface area contributed by atoms with Crippen molar-refractivity contribution in [1.82, 2.24) is 15.5 Å². The van der Waals surface area contributed by atoms with Crippen LogP contribution in [0, 0.1) is 17.8 Å². The van der Waals surface area contributed by atoms with Crippen molar-refractivity contribution < 1.29 is 0 Å². The van der Waals surface area contributed by atoms with Gasteiger partial charge in [-0.3, -0.25) is 9.89 Å². The van der Waals surface area contributed by atoms with E-state index in [1.807, 2.05) is 7.05 Å². The third-order valence-corrected chi connectivity index (χ3v) is 5.61. The molecular formula is C19H35IN4. The Kier molecular flexibility index (Phi) is 7.85. The topological polar surface area (TPSA) is 39.7 Å². The van der Waals surface area contributed by atoms with Crippen LogP contribution in [-0.2, 0) is 0 Å². The van der Waals surface area contributed by atoms with Gasteiger partial charge >= 0.3 is 0 Å². The molecule has 0 atom stereocenters. The standard InChI is InChI=1S/C19H34N4.HI/c1-14(2)13-23-10-8-17(9-11-23)22-19(20-3)21-12-18(15-4-5-15)16-6-7-16;/h15-18H,1,4-13H2,2-3H3,(H2,20,21,22);1H. The fourth-order valence-electron chi connectivity index (χ4n) is 3.99. The van der Waals surface area contributed by atoms with E-state index in [1.54, 1.807) is 0 Å². The number of piperidine rings is 1. The summed E-state index contributed by atoms with van der Waals surface area (Å²) < 4.78 is 0.